The number of carbonyl (C=O) groups excluding carboxylic acids is 1. The van der Waals surface area contributed by atoms with Gasteiger partial charge in [0.05, 0.1) is 23.0 Å². The summed E-state index contributed by atoms with van der Waals surface area (Å²) in [7, 11) is 0. The van der Waals surface area contributed by atoms with Crippen LogP contribution in [0.3, 0.4) is 0 Å². The van der Waals surface area contributed by atoms with E-state index in [0.717, 1.165) is 5.56 Å². The third-order valence-electron chi connectivity index (χ3n) is 5.08. The number of hydrogen-bond acceptors (Lipinski definition) is 7. The zero-order chi connectivity index (χ0) is 22.1. The van der Waals surface area contributed by atoms with Crippen molar-refractivity contribution in [3.05, 3.63) is 95.1 Å². The van der Waals surface area contributed by atoms with Crippen molar-refractivity contribution in [2.75, 3.05) is 0 Å². The molecule has 5 rings (SSSR count). The fourth-order valence-corrected chi connectivity index (χ4v) is 4.35. The number of phenolic OH excluding ortho intramolecular Hbond substituents is 1. The Balaban J connectivity index is 1.54. The Kier molecular flexibility index (Phi) is 5.16. The summed E-state index contributed by atoms with van der Waals surface area (Å²) in [5, 5.41) is 18.3. The highest BCUT2D eigenvalue weighted by Gasteiger charge is 2.37. The van der Waals surface area contributed by atoms with Gasteiger partial charge in [-0.25, -0.2) is 14.4 Å². The Morgan fingerprint density at radius 1 is 1.12 bits per heavy atom. The highest BCUT2D eigenvalue weighted by atomic mass is 32.1. The van der Waals surface area contributed by atoms with Gasteiger partial charge in [0, 0.05) is 36.0 Å². The lowest BCUT2D eigenvalue weighted by molar-refractivity contribution is 0.0702. The smallest absolute Gasteiger partial charge is 0.294 e. The molecule has 0 bridgehead atoms. The SMILES string of the molecule is O=C(c1csc(-c2ccccn2)n1)N1N=C(c2cccnc2)CC1c1c(O)cccc1F. The predicted octanol–water partition coefficient (Wildman–Crippen LogP) is 4.44. The molecule has 1 aliphatic rings. The number of pyridine rings is 2. The van der Waals surface area contributed by atoms with Crippen LogP contribution in [0.4, 0.5) is 4.39 Å². The van der Waals surface area contributed by atoms with Crippen molar-refractivity contribution in [3.63, 3.8) is 0 Å². The van der Waals surface area contributed by atoms with E-state index in [1.165, 1.54) is 34.5 Å². The number of hydrogen-bond donors (Lipinski definition) is 1. The van der Waals surface area contributed by atoms with Crippen LogP contribution in [0.2, 0.25) is 0 Å². The summed E-state index contributed by atoms with van der Waals surface area (Å²) in [6.45, 7) is 0. The Morgan fingerprint density at radius 3 is 2.78 bits per heavy atom. The van der Waals surface area contributed by atoms with Crippen LogP contribution in [-0.2, 0) is 0 Å². The Hall–Kier alpha value is -3.98. The minimum absolute atomic E-state index is 0.0173. The normalized spacial score (nSPS) is 15.6. The molecule has 7 nitrogen and oxygen atoms in total. The maximum absolute atomic E-state index is 14.7. The standard InChI is InChI=1S/C23H16FN5O2S/c24-15-6-3-8-20(30)21(15)19-11-17(14-5-4-9-25-12-14)28-29(19)23(31)18-13-32-22(27-18)16-7-1-2-10-26-16/h1-10,12-13,19,30H,11H2. The van der Waals surface area contributed by atoms with Crippen molar-refractivity contribution in [2.45, 2.75) is 12.5 Å². The van der Waals surface area contributed by atoms with E-state index < -0.39 is 17.8 Å². The van der Waals surface area contributed by atoms with Crippen molar-refractivity contribution >= 4 is 23.0 Å². The van der Waals surface area contributed by atoms with Gasteiger partial charge in [-0.3, -0.25) is 14.8 Å². The molecule has 3 aromatic heterocycles. The first kappa shape index (κ1) is 20.0. The van der Waals surface area contributed by atoms with Crippen molar-refractivity contribution < 1.29 is 14.3 Å². The second kappa shape index (κ2) is 8.27. The molecule has 0 fully saturated rings. The number of nitrogens with zero attached hydrogens (tertiary/aromatic N) is 5. The van der Waals surface area contributed by atoms with E-state index in [1.807, 2.05) is 18.2 Å². The van der Waals surface area contributed by atoms with Crippen LogP contribution in [0.25, 0.3) is 10.7 Å². The quantitative estimate of drug-likeness (QED) is 0.502. The minimum atomic E-state index is -0.820. The molecule has 4 aromatic rings. The summed E-state index contributed by atoms with van der Waals surface area (Å²) in [5.74, 6) is -1.33. The van der Waals surface area contributed by atoms with Crippen molar-refractivity contribution in [3.8, 4) is 16.5 Å². The molecule has 9 heteroatoms. The zero-order valence-electron chi connectivity index (χ0n) is 16.6. The van der Waals surface area contributed by atoms with E-state index in [9.17, 15) is 14.3 Å². The second-order valence-corrected chi connectivity index (χ2v) is 7.94. The van der Waals surface area contributed by atoms with Gasteiger partial charge in [0.2, 0.25) is 0 Å². The average molecular weight is 445 g/mol. The lowest BCUT2D eigenvalue weighted by Gasteiger charge is -2.22. The number of rotatable bonds is 4. The lowest BCUT2D eigenvalue weighted by Crippen LogP contribution is -2.28. The Bertz CT molecular complexity index is 1290. The third-order valence-corrected chi connectivity index (χ3v) is 5.95. The van der Waals surface area contributed by atoms with Gasteiger partial charge >= 0.3 is 0 Å². The maximum Gasteiger partial charge on any atom is 0.294 e. The number of aromatic hydroxyl groups is 1. The van der Waals surface area contributed by atoms with Crippen LogP contribution in [0, 0.1) is 5.82 Å². The monoisotopic (exact) mass is 445 g/mol. The van der Waals surface area contributed by atoms with Gasteiger partial charge in [-0.2, -0.15) is 5.10 Å². The Labute approximate surface area is 186 Å². The molecule has 0 saturated carbocycles. The van der Waals surface area contributed by atoms with Crippen LogP contribution >= 0.6 is 11.3 Å². The van der Waals surface area contributed by atoms with Gasteiger partial charge in [-0.15, -0.1) is 11.3 Å². The number of thiazole rings is 1. The average Bonchev–Trinajstić information content (AvgIpc) is 3.48. The van der Waals surface area contributed by atoms with Gasteiger partial charge in [-0.05, 0) is 30.3 Å². The summed E-state index contributed by atoms with van der Waals surface area (Å²) in [6.07, 6.45) is 5.15. The number of amides is 1. The first-order valence-corrected chi connectivity index (χ1v) is 10.7. The number of carbonyl (C=O) groups is 1. The van der Waals surface area contributed by atoms with Crippen molar-refractivity contribution in [1.82, 2.24) is 20.0 Å². The fourth-order valence-electron chi connectivity index (χ4n) is 3.58. The minimum Gasteiger partial charge on any atom is -0.507 e. The number of phenols is 1. The number of aromatic nitrogens is 3. The summed E-state index contributed by atoms with van der Waals surface area (Å²) < 4.78 is 14.7. The maximum atomic E-state index is 14.7. The largest absolute Gasteiger partial charge is 0.507 e. The van der Waals surface area contributed by atoms with E-state index in [0.29, 0.717) is 16.4 Å². The molecule has 1 N–H and O–H groups in total. The van der Waals surface area contributed by atoms with Crippen LogP contribution in [-0.4, -0.2) is 36.7 Å². The van der Waals surface area contributed by atoms with Gasteiger partial charge in [0.25, 0.3) is 5.91 Å². The fraction of sp³-hybridized carbons (Fsp3) is 0.0870. The molecule has 4 heterocycles. The molecular weight excluding hydrogens is 429 g/mol. The van der Waals surface area contributed by atoms with Crippen LogP contribution in [0.15, 0.2) is 77.6 Å². The van der Waals surface area contributed by atoms with Crippen LogP contribution in [0.1, 0.15) is 34.1 Å². The van der Waals surface area contributed by atoms with E-state index in [-0.39, 0.29) is 23.4 Å². The van der Waals surface area contributed by atoms with Gasteiger partial charge < -0.3 is 5.11 Å². The molecule has 1 aliphatic heterocycles. The second-order valence-electron chi connectivity index (χ2n) is 7.08. The molecule has 1 amide bonds. The van der Waals surface area contributed by atoms with Crippen molar-refractivity contribution in [1.29, 1.82) is 0 Å². The molecule has 0 spiro atoms. The number of benzene rings is 1. The van der Waals surface area contributed by atoms with E-state index in [1.54, 1.807) is 36.1 Å². The number of halogens is 1. The highest BCUT2D eigenvalue weighted by molar-refractivity contribution is 7.13. The van der Waals surface area contributed by atoms with Crippen molar-refractivity contribution in [2.24, 2.45) is 5.10 Å². The highest BCUT2D eigenvalue weighted by Crippen LogP contribution is 2.39. The molecule has 0 saturated heterocycles. The van der Waals surface area contributed by atoms with Gasteiger partial charge in [-0.1, -0.05) is 18.2 Å². The first-order chi connectivity index (χ1) is 15.6. The molecular formula is C23H16FN5O2S. The summed E-state index contributed by atoms with van der Waals surface area (Å²) in [5.41, 5.74) is 2.13. The van der Waals surface area contributed by atoms with E-state index in [2.05, 4.69) is 20.1 Å². The van der Waals surface area contributed by atoms with Crippen LogP contribution in [0.5, 0.6) is 5.75 Å². The molecule has 32 heavy (non-hydrogen) atoms. The molecule has 158 valence electrons. The Morgan fingerprint density at radius 2 is 2.03 bits per heavy atom. The molecule has 1 aromatic carbocycles. The van der Waals surface area contributed by atoms with Gasteiger partial charge in [0.15, 0.2) is 0 Å². The number of hydrazone groups is 1. The van der Waals surface area contributed by atoms with E-state index >= 15 is 0 Å². The molecule has 1 atom stereocenters. The summed E-state index contributed by atoms with van der Waals surface area (Å²) in [6, 6.07) is 12.3. The van der Waals surface area contributed by atoms with E-state index in [4.69, 9.17) is 0 Å². The van der Waals surface area contributed by atoms with Crippen LogP contribution < -0.4 is 0 Å². The third kappa shape index (κ3) is 3.63. The molecule has 0 aliphatic carbocycles. The molecule has 0 radical (unpaired) electrons. The summed E-state index contributed by atoms with van der Waals surface area (Å²) >= 11 is 1.29. The summed E-state index contributed by atoms with van der Waals surface area (Å²) in [4.78, 5) is 26.2. The first-order valence-electron chi connectivity index (χ1n) is 9.77. The van der Waals surface area contributed by atoms with Gasteiger partial charge in [0.1, 0.15) is 22.3 Å². The predicted molar refractivity (Wildman–Crippen MR) is 118 cm³/mol. The molecule has 1 unspecified atom stereocenters. The topological polar surface area (TPSA) is 91.6 Å². The zero-order valence-corrected chi connectivity index (χ0v) is 17.4. The lowest BCUT2D eigenvalue weighted by atomic mass is 9.97.